The van der Waals surface area contributed by atoms with Crippen LogP contribution in [0.3, 0.4) is 0 Å². The van der Waals surface area contributed by atoms with Crippen LogP contribution in [0.25, 0.3) is 0 Å². The molecule has 1 aromatic rings. The zero-order valence-corrected chi connectivity index (χ0v) is 12.1. The van der Waals surface area contributed by atoms with Crippen molar-refractivity contribution in [3.8, 4) is 0 Å². The van der Waals surface area contributed by atoms with Crippen molar-refractivity contribution < 1.29 is 4.74 Å². The number of rotatable bonds is 4. The van der Waals surface area contributed by atoms with Gasteiger partial charge in [0.25, 0.3) is 0 Å². The second-order valence-electron chi connectivity index (χ2n) is 6.95. The van der Waals surface area contributed by atoms with Gasteiger partial charge in [0.1, 0.15) is 0 Å². The molecule has 2 nitrogen and oxygen atoms in total. The molecular weight excluding hydrogens is 234 g/mol. The lowest BCUT2D eigenvalue weighted by Crippen LogP contribution is -2.58. The summed E-state index contributed by atoms with van der Waals surface area (Å²) in [5.41, 5.74) is 2.14. The Morgan fingerprint density at radius 1 is 1.26 bits per heavy atom. The first-order valence-corrected chi connectivity index (χ1v) is 7.49. The third-order valence-electron chi connectivity index (χ3n) is 4.92. The highest BCUT2D eigenvalue weighted by atomic mass is 16.5. The highest BCUT2D eigenvalue weighted by Gasteiger charge is 2.54. The summed E-state index contributed by atoms with van der Waals surface area (Å²) >= 11 is 0. The van der Waals surface area contributed by atoms with E-state index in [-0.39, 0.29) is 0 Å². The molecule has 0 aromatic heterocycles. The van der Waals surface area contributed by atoms with Gasteiger partial charge in [0.05, 0.1) is 12.7 Å². The molecule has 0 aliphatic carbocycles. The van der Waals surface area contributed by atoms with Gasteiger partial charge in [0.15, 0.2) is 0 Å². The molecule has 0 amide bonds. The zero-order chi connectivity index (χ0) is 13.3. The highest BCUT2D eigenvalue weighted by molar-refractivity contribution is 5.16. The summed E-state index contributed by atoms with van der Waals surface area (Å²) in [7, 11) is 0. The molecule has 2 heteroatoms. The standard InChI is InChI=1S/C17H25NO/c1-16(2)13-19-15(16)17(10-11-18-12-17)9-8-14-6-4-3-5-7-14/h3-7,15,18H,8-13H2,1-2H3. The lowest BCUT2D eigenvalue weighted by atomic mass is 9.64. The third kappa shape index (κ3) is 2.44. The molecule has 0 spiro atoms. The molecule has 0 bridgehead atoms. The van der Waals surface area contributed by atoms with Crippen molar-refractivity contribution in [2.45, 2.75) is 39.2 Å². The van der Waals surface area contributed by atoms with Crippen LogP contribution in [-0.2, 0) is 11.2 Å². The normalized spacial score (nSPS) is 33.1. The summed E-state index contributed by atoms with van der Waals surface area (Å²) < 4.78 is 5.98. The SMILES string of the molecule is CC1(C)COC1C1(CCc2ccccc2)CCNC1. The Morgan fingerprint density at radius 2 is 2.05 bits per heavy atom. The fourth-order valence-corrected chi connectivity index (χ4v) is 3.87. The van der Waals surface area contributed by atoms with Gasteiger partial charge in [0, 0.05) is 17.4 Å². The quantitative estimate of drug-likeness (QED) is 0.897. The number of hydrogen-bond acceptors (Lipinski definition) is 2. The molecule has 1 aromatic carbocycles. The number of hydrogen-bond donors (Lipinski definition) is 1. The van der Waals surface area contributed by atoms with Crippen LogP contribution >= 0.6 is 0 Å². The van der Waals surface area contributed by atoms with E-state index in [1.807, 2.05) is 0 Å². The maximum atomic E-state index is 5.98. The Morgan fingerprint density at radius 3 is 2.58 bits per heavy atom. The molecule has 2 unspecified atom stereocenters. The summed E-state index contributed by atoms with van der Waals surface area (Å²) in [5, 5.41) is 3.56. The molecule has 2 heterocycles. The minimum atomic E-state index is 0.345. The molecule has 0 radical (unpaired) electrons. The number of ether oxygens (including phenoxy) is 1. The summed E-state index contributed by atoms with van der Waals surface area (Å²) in [6.45, 7) is 7.89. The molecule has 2 aliphatic rings. The van der Waals surface area contributed by atoms with Gasteiger partial charge >= 0.3 is 0 Å². The lowest BCUT2D eigenvalue weighted by Gasteiger charge is -2.53. The highest BCUT2D eigenvalue weighted by Crippen LogP contribution is 2.49. The van der Waals surface area contributed by atoms with Gasteiger partial charge in [-0.1, -0.05) is 44.2 Å². The van der Waals surface area contributed by atoms with E-state index < -0.39 is 0 Å². The van der Waals surface area contributed by atoms with Crippen molar-refractivity contribution in [1.29, 1.82) is 0 Å². The Labute approximate surface area is 116 Å². The second-order valence-corrected chi connectivity index (χ2v) is 6.95. The van der Waals surface area contributed by atoms with E-state index >= 15 is 0 Å². The number of nitrogens with one attached hydrogen (secondary N) is 1. The predicted octanol–water partition coefficient (Wildman–Crippen LogP) is 3.02. The number of aryl methyl sites for hydroxylation is 1. The summed E-state index contributed by atoms with van der Waals surface area (Å²) in [6.07, 6.45) is 4.09. The van der Waals surface area contributed by atoms with E-state index in [2.05, 4.69) is 49.5 Å². The van der Waals surface area contributed by atoms with Crippen LogP contribution in [-0.4, -0.2) is 25.8 Å². The van der Waals surface area contributed by atoms with Crippen molar-refractivity contribution in [3.63, 3.8) is 0 Å². The zero-order valence-electron chi connectivity index (χ0n) is 12.1. The van der Waals surface area contributed by atoms with Gasteiger partial charge in [-0.25, -0.2) is 0 Å². The first-order chi connectivity index (χ1) is 9.12. The van der Waals surface area contributed by atoms with E-state index in [4.69, 9.17) is 4.74 Å². The van der Waals surface area contributed by atoms with E-state index in [0.717, 1.165) is 19.7 Å². The van der Waals surface area contributed by atoms with Gasteiger partial charge in [-0.15, -0.1) is 0 Å². The second kappa shape index (κ2) is 4.92. The monoisotopic (exact) mass is 259 g/mol. The molecule has 2 fully saturated rings. The molecule has 19 heavy (non-hydrogen) atoms. The topological polar surface area (TPSA) is 21.3 Å². The minimum Gasteiger partial charge on any atom is -0.376 e. The van der Waals surface area contributed by atoms with Crippen LogP contribution < -0.4 is 5.32 Å². The van der Waals surface area contributed by atoms with Gasteiger partial charge in [0.2, 0.25) is 0 Å². The van der Waals surface area contributed by atoms with Crippen LogP contribution in [0.4, 0.5) is 0 Å². The fourth-order valence-electron chi connectivity index (χ4n) is 3.87. The van der Waals surface area contributed by atoms with E-state index in [1.54, 1.807) is 0 Å². The van der Waals surface area contributed by atoms with Gasteiger partial charge in [-0.2, -0.15) is 0 Å². The summed E-state index contributed by atoms with van der Waals surface area (Å²) in [6, 6.07) is 10.8. The molecule has 3 rings (SSSR count). The summed E-state index contributed by atoms with van der Waals surface area (Å²) in [5.74, 6) is 0. The smallest absolute Gasteiger partial charge is 0.0717 e. The molecule has 2 atom stereocenters. The first-order valence-electron chi connectivity index (χ1n) is 7.49. The minimum absolute atomic E-state index is 0.345. The molecule has 1 N–H and O–H groups in total. The average Bonchev–Trinajstić information content (AvgIpc) is 2.86. The van der Waals surface area contributed by atoms with Crippen molar-refractivity contribution >= 4 is 0 Å². The summed E-state index contributed by atoms with van der Waals surface area (Å²) in [4.78, 5) is 0. The Hall–Kier alpha value is -0.860. The number of benzene rings is 1. The maximum absolute atomic E-state index is 5.98. The van der Waals surface area contributed by atoms with Crippen LogP contribution in [0.5, 0.6) is 0 Å². The molecule has 2 saturated heterocycles. The van der Waals surface area contributed by atoms with Crippen molar-refractivity contribution in [1.82, 2.24) is 5.32 Å². The lowest BCUT2D eigenvalue weighted by molar-refractivity contribution is -0.221. The van der Waals surface area contributed by atoms with E-state index in [1.165, 1.54) is 24.8 Å². The first kappa shape index (κ1) is 13.1. The maximum Gasteiger partial charge on any atom is 0.0717 e. The molecule has 2 aliphatic heterocycles. The van der Waals surface area contributed by atoms with E-state index in [0.29, 0.717) is 16.9 Å². The van der Waals surface area contributed by atoms with Crippen LogP contribution in [0.1, 0.15) is 32.3 Å². The van der Waals surface area contributed by atoms with Crippen LogP contribution in [0, 0.1) is 10.8 Å². The van der Waals surface area contributed by atoms with E-state index in [9.17, 15) is 0 Å². The Bertz CT molecular complexity index is 420. The molecule has 104 valence electrons. The third-order valence-corrected chi connectivity index (χ3v) is 4.92. The molecule has 0 saturated carbocycles. The largest absolute Gasteiger partial charge is 0.376 e. The van der Waals surface area contributed by atoms with Crippen molar-refractivity contribution in [2.75, 3.05) is 19.7 Å². The average molecular weight is 259 g/mol. The van der Waals surface area contributed by atoms with Gasteiger partial charge in [-0.05, 0) is 31.4 Å². The van der Waals surface area contributed by atoms with Gasteiger partial charge < -0.3 is 10.1 Å². The van der Waals surface area contributed by atoms with Crippen LogP contribution in [0.2, 0.25) is 0 Å². The fraction of sp³-hybridized carbons (Fsp3) is 0.647. The predicted molar refractivity (Wildman–Crippen MR) is 78.2 cm³/mol. The Kier molecular flexibility index (Phi) is 3.40. The molecular formula is C17H25NO. The van der Waals surface area contributed by atoms with Crippen molar-refractivity contribution in [3.05, 3.63) is 35.9 Å². The van der Waals surface area contributed by atoms with Gasteiger partial charge in [-0.3, -0.25) is 0 Å². The Balaban J connectivity index is 1.71. The van der Waals surface area contributed by atoms with Crippen LogP contribution in [0.15, 0.2) is 30.3 Å². The van der Waals surface area contributed by atoms with Crippen molar-refractivity contribution in [2.24, 2.45) is 10.8 Å².